The summed E-state index contributed by atoms with van der Waals surface area (Å²) in [5, 5.41) is 16.8. The van der Waals surface area contributed by atoms with Crippen LogP contribution in [0.5, 0.6) is 5.88 Å². The summed E-state index contributed by atoms with van der Waals surface area (Å²) in [7, 11) is 0. The lowest BCUT2D eigenvalue weighted by Crippen LogP contribution is -2.20. The van der Waals surface area contributed by atoms with Crippen LogP contribution in [0, 0.1) is 18.3 Å². The van der Waals surface area contributed by atoms with Crippen molar-refractivity contribution in [3.8, 4) is 23.2 Å². The first-order valence-electron chi connectivity index (χ1n) is 7.56. The fourth-order valence-corrected chi connectivity index (χ4v) is 3.24. The summed E-state index contributed by atoms with van der Waals surface area (Å²) in [6, 6.07) is 13.6. The van der Waals surface area contributed by atoms with Crippen LogP contribution in [-0.2, 0) is 0 Å². The van der Waals surface area contributed by atoms with Crippen molar-refractivity contribution in [3.63, 3.8) is 0 Å². The number of H-pyrrole nitrogens is 1. The molecule has 0 spiro atoms. The van der Waals surface area contributed by atoms with Gasteiger partial charge in [-0.15, -0.1) is 5.10 Å². The first kappa shape index (κ1) is 15.5. The fraction of sp³-hybridized carbons (Fsp3) is 0.111. The Morgan fingerprint density at radius 3 is 2.64 bits per heavy atom. The van der Waals surface area contributed by atoms with Crippen molar-refractivity contribution in [3.05, 3.63) is 69.4 Å². The van der Waals surface area contributed by atoms with Crippen LogP contribution >= 0.6 is 15.9 Å². The number of hydrogen-bond donors (Lipinski definition) is 2. The second-order valence-corrected chi connectivity index (χ2v) is 6.61. The predicted octanol–water partition coefficient (Wildman–Crippen LogP) is 3.96. The number of nitrogens with two attached hydrogens (primary N) is 1. The first-order chi connectivity index (χ1) is 12.1. The fourth-order valence-electron chi connectivity index (χ4n) is 2.97. The molecule has 1 aliphatic rings. The Kier molecular flexibility index (Phi) is 3.62. The lowest BCUT2D eigenvalue weighted by Gasteiger charge is -2.22. The van der Waals surface area contributed by atoms with Crippen LogP contribution in [0.15, 0.2) is 56.7 Å². The smallest absolute Gasteiger partial charge is 0.244 e. The number of aromatic amines is 1. The number of furan rings is 1. The highest BCUT2D eigenvalue weighted by Gasteiger charge is 2.37. The summed E-state index contributed by atoms with van der Waals surface area (Å²) < 4.78 is 12.3. The van der Waals surface area contributed by atoms with Gasteiger partial charge in [-0.2, -0.15) is 5.26 Å². The average Bonchev–Trinajstić information content (AvgIpc) is 3.20. The number of allylic oxidation sites excluding steroid dienone is 1. The Hall–Kier alpha value is -2.98. The van der Waals surface area contributed by atoms with Crippen LogP contribution in [-0.4, -0.2) is 10.2 Å². The highest BCUT2D eigenvalue weighted by Crippen LogP contribution is 2.45. The number of benzene rings is 1. The minimum Gasteiger partial charge on any atom is -0.465 e. The van der Waals surface area contributed by atoms with Crippen LogP contribution < -0.4 is 10.5 Å². The van der Waals surface area contributed by atoms with Gasteiger partial charge in [-0.05, 0) is 31.2 Å². The molecule has 0 bridgehead atoms. The summed E-state index contributed by atoms with van der Waals surface area (Å²) in [6.07, 6.45) is 0. The van der Waals surface area contributed by atoms with Gasteiger partial charge in [0, 0.05) is 10.0 Å². The second kappa shape index (κ2) is 5.83. The van der Waals surface area contributed by atoms with E-state index in [9.17, 15) is 5.26 Å². The van der Waals surface area contributed by atoms with E-state index in [1.807, 2.05) is 43.3 Å². The van der Waals surface area contributed by atoms with Gasteiger partial charge in [0.2, 0.25) is 11.8 Å². The predicted molar refractivity (Wildman–Crippen MR) is 94.5 cm³/mol. The minimum atomic E-state index is -0.472. The van der Waals surface area contributed by atoms with Crippen molar-refractivity contribution >= 4 is 15.9 Å². The number of ether oxygens (including phenoxy) is 1. The lowest BCUT2D eigenvalue weighted by molar-refractivity contribution is 0.369. The number of nitrogens with one attached hydrogen (secondary N) is 1. The van der Waals surface area contributed by atoms with E-state index in [-0.39, 0.29) is 5.88 Å². The zero-order valence-corrected chi connectivity index (χ0v) is 14.8. The van der Waals surface area contributed by atoms with Gasteiger partial charge in [0.1, 0.15) is 23.2 Å². The maximum absolute atomic E-state index is 9.61. The lowest BCUT2D eigenvalue weighted by atomic mass is 9.86. The molecule has 7 heteroatoms. The van der Waals surface area contributed by atoms with E-state index in [1.165, 1.54) is 0 Å². The number of rotatable bonds is 2. The molecular formula is C18H13BrN4O2. The standard InChI is InChI=1S/C18H13BrN4O2/c1-9-2-7-13(24-9)14-12(8-20)17(21)25-18-15(14)16(22-23-18)10-3-5-11(19)6-4-10/h2-7,14H,21H2,1H3,(H,22,23). The van der Waals surface area contributed by atoms with Crippen LogP contribution in [0.25, 0.3) is 11.3 Å². The Morgan fingerprint density at radius 1 is 1.24 bits per heavy atom. The van der Waals surface area contributed by atoms with E-state index in [2.05, 4.69) is 32.2 Å². The number of aromatic nitrogens is 2. The largest absolute Gasteiger partial charge is 0.465 e. The Morgan fingerprint density at radius 2 is 2.00 bits per heavy atom. The molecule has 0 saturated heterocycles. The molecule has 1 aliphatic heterocycles. The van der Waals surface area contributed by atoms with E-state index in [1.54, 1.807) is 0 Å². The molecule has 0 saturated carbocycles. The number of fused-ring (bicyclic) bond motifs is 1. The molecule has 1 unspecified atom stereocenters. The molecule has 124 valence electrons. The molecule has 1 aromatic carbocycles. The molecular weight excluding hydrogens is 384 g/mol. The molecule has 0 amide bonds. The molecule has 0 fully saturated rings. The molecule has 3 N–H and O–H groups in total. The highest BCUT2D eigenvalue weighted by molar-refractivity contribution is 9.10. The van der Waals surface area contributed by atoms with Crippen molar-refractivity contribution in [1.82, 2.24) is 10.2 Å². The van der Waals surface area contributed by atoms with E-state index < -0.39 is 5.92 Å². The maximum atomic E-state index is 9.61. The molecule has 3 heterocycles. The number of aryl methyl sites for hydroxylation is 1. The topological polar surface area (TPSA) is 101 Å². The molecule has 3 aromatic rings. The average molecular weight is 397 g/mol. The summed E-state index contributed by atoms with van der Waals surface area (Å²) in [6.45, 7) is 1.86. The first-order valence-corrected chi connectivity index (χ1v) is 8.36. The third-order valence-electron chi connectivity index (χ3n) is 4.12. The zero-order chi connectivity index (χ0) is 17.6. The Balaban J connectivity index is 1.94. The molecule has 2 aromatic heterocycles. The van der Waals surface area contributed by atoms with Gasteiger partial charge in [-0.3, -0.25) is 5.10 Å². The van der Waals surface area contributed by atoms with E-state index >= 15 is 0 Å². The monoisotopic (exact) mass is 396 g/mol. The summed E-state index contributed by atoms with van der Waals surface area (Å²) >= 11 is 3.43. The molecule has 4 rings (SSSR count). The third-order valence-corrected chi connectivity index (χ3v) is 4.65. The number of hydrogen-bond acceptors (Lipinski definition) is 5. The van der Waals surface area contributed by atoms with Gasteiger partial charge in [-0.1, -0.05) is 28.1 Å². The maximum Gasteiger partial charge on any atom is 0.244 e. The minimum absolute atomic E-state index is 0.0444. The Labute approximate surface area is 152 Å². The van der Waals surface area contributed by atoms with E-state index in [0.717, 1.165) is 27.1 Å². The number of nitriles is 1. The van der Waals surface area contributed by atoms with Crippen LogP contribution in [0.4, 0.5) is 0 Å². The van der Waals surface area contributed by atoms with Crippen LogP contribution in [0.2, 0.25) is 0 Å². The van der Waals surface area contributed by atoms with Gasteiger partial charge >= 0.3 is 0 Å². The molecule has 1 atom stereocenters. The molecule has 25 heavy (non-hydrogen) atoms. The van der Waals surface area contributed by atoms with Gasteiger partial charge in [0.05, 0.1) is 17.2 Å². The van der Waals surface area contributed by atoms with E-state index in [0.29, 0.717) is 17.2 Å². The van der Waals surface area contributed by atoms with Gasteiger partial charge in [-0.25, -0.2) is 0 Å². The van der Waals surface area contributed by atoms with Crippen LogP contribution in [0.3, 0.4) is 0 Å². The summed E-state index contributed by atoms with van der Waals surface area (Å²) in [5.74, 6) is 1.31. The van der Waals surface area contributed by atoms with Gasteiger partial charge in [0.15, 0.2) is 0 Å². The quantitative estimate of drug-likeness (QED) is 0.682. The van der Waals surface area contributed by atoms with Crippen molar-refractivity contribution in [2.45, 2.75) is 12.8 Å². The van der Waals surface area contributed by atoms with Crippen molar-refractivity contribution in [2.75, 3.05) is 0 Å². The van der Waals surface area contributed by atoms with Crippen molar-refractivity contribution in [1.29, 1.82) is 5.26 Å². The van der Waals surface area contributed by atoms with Crippen LogP contribution in [0.1, 0.15) is 23.0 Å². The van der Waals surface area contributed by atoms with Gasteiger partial charge < -0.3 is 14.9 Å². The molecule has 6 nitrogen and oxygen atoms in total. The zero-order valence-electron chi connectivity index (χ0n) is 13.2. The number of nitrogens with zero attached hydrogens (tertiary/aromatic N) is 2. The Bertz CT molecular complexity index is 1020. The summed E-state index contributed by atoms with van der Waals surface area (Å²) in [4.78, 5) is 0. The number of halogens is 1. The van der Waals surface area contributed by atoms with Gasteiger partial charge in [0.25, 0.3) is 0 Å². The normalized spacial score (nSPS) is 16.3. The SMILES string of the molecule is Cc1ccc(C2C(C#N)=C(N)Oc3n[nH]c(-c4ccc(Br)cc4)c32)o1. The second-order valence-electron chi connectivity index (χ2n) is 5.70. The third kappa shape index (κ3) is 2.51. The van der Waals surface area contributed by atoms with Crippen molar-refractivity contribution < 1.29 is 9.15 Å². The molecule has 0 radical (unpaired) electrons. The highest BCUT2D eigenvalue weighted by atomic mass is 79.9. The van der Waals surface area contributed by atoms with E-state index in [4.69, 9.17) is 14.9 Å². The summed E-state index contributed by atoms with van der Waals surface area (Å²) in [5.41, 5.74) is 8.67. The van der Waals surface area contributed by atoms with Crippen molar-refractivity contribution in [2.24, 2.45) is 5.73 Å². The molecule has 0 aliphatic carbocycles.